The number of carbonyl (C=O) groups is 1. The van der Waals surface area contributed by atoms with E-state index in [1.165, 1.54) is 12.1 Å². The molecule has 0 radical (unpaired) electrons. The minimum absolute atomic E-state index is 0.0711. The van der Waals surface area contributed by atoms with Crippen molar-refractivity contribution in [1.29, 1.82) is 0 Å². The summed E-state index contributed by atoms with van der Waals surface area (Å²) >= 11 is 0. The predicted octanol–water partition coefficient (Wildman–Crippen LogP) is 3.63. The smallest absolute Gasteiger partial charge is 0.269 e. The summed E-state index contributed by atoms with van der Waals surface area (Å²) in [5.41, 5.74) is 8.00. The minimum atomic E-state index is -0.445. The molecule has 0 aromatic heterocycles. The van der Waals surface area contributed by atoms with E-state index in [-0.39, 0.29) is 5.69 Å². The van der Waals surface area contributed by atoms with E-state index in [1.807, 2.05) is 30.3 Å². The van der Waals surface area contributed by atoms with Gasteiger partial charge < -0.3 is 5.73 Å². The fourth-order valence-corrected chi connectivity index (χ4v) is 2.89. The van der Waals surface area contributed by atoms with Crippen LogP contribution in [0.5, 0.6) is 0 Å². The summed E-state index contributed by atoms with van der Waals surface area (Å²) in [4.78, 5) is 22.0. The molecule has 0 spiro atoms. The molecule has 0 aliphatic heterocycles. The Balaban J connectivity index is 1.92. The van der Waals surface area contributed by atoms with E-state index in [9.17, 15) is 14.9 Å². The summed E-state index contributed by atoms with van der Waals surface area (Å²) in [5, 5.41) is 12.8. The summed E-state index contributed by atoms with van der Waals surface area (Å²) in [6.45, 7) is 0. The average molecular weight is 320 g/mol. The van der Waals surface area contributed by atoms with Crippen LogP contribution in [0.2, 0.25) is 0 Å². The lowest BCUT2D eigenvalue weighted by Crippen LogP contribution is -2.14. The highest BCUT2D eigenvalue weighted by Gasteiger charge is 2.12. The summed E-state index contributed by atoms with van der Waals surface area (Å²) in [6, 6.07) is 18.0. The molecule has 5 nitrogen and oxygen atoms in total. The Morgan fingerprint density at radius 1 is 0.958 bits per heavy atom. The third-order valence-corrected chi connectivity index (χ3v) is 4.12. The maximum atomic E-state index is 11.7. The number of nitro benzene ring substituents is 1. The first kappa shape index (κ1) is 15.7. The van der Waals surface area contributed by atoms with Crippen LogP contribution in [-0.2, 0) is 12.8 Å². The fraction of sp³-hybridized carbons (Fsp3) is 0.105. The Bertz CT molecular complexity index is 918. The van der Waals surface area contributed by atoms with E-state index in [4.69, 9.17) is 5.73 Å². The van der Waals surface area contributed by atoms with Gasteiger partial charge in [0.25, 0.3) is 5.69 Å². The number of primary amides is 1. The number of fused-ring (bicyclic) bond motifs is 1. The van der Waals surface area contributed by atoms with Gasteiger partial charge in [-0.1, -0.05) is 42.5 Å². The highest BCUT2D eigenvalue weighted by Crippen LogP contribution is 2.24. The zero-order valence-electron chi connectivity index (χ0n) is 12.9. The van der Waals surface area contributed by atoms with Crippen molar-refractivity contribution in [2.45, 2.75) is 12.8 Å². The fourth-order valence-electron chi connectivity index (χ4n) is 2.89. The van der Waals surface area contributed by atoms with Crippen LogP contribution < -0.4 is 5.73 Å². The number of benzene rings is 3. The number of rotatable bonds is 5. The maximum Gasteiger partial charge on any atom is 0.269 e. The van der Waals surface area contributed by atoms with E-state index < -0.39 is 10.8 Å². The molecule has 1 amide bonds. The molecule has 0 atom stereocenters. The van der Waals surface area contributed by atoms with Crippen LogP contribution >= 0.6 is 0 Å². The molecule has 120 valence electrons. The van der Waals surface area contributed by atoms with Crippen LogP contribution in [0.4, 0.5) is 5.69 Å². The molecule has 0 bridgehead atoms. The molecule has 0 saturated heterocycles. The van der Waals surface area contributed by atoms with Gasteiger partial charge in [-0.3, -0.25) is 14.9 Å². The van der Waals surface area contributed by atoms with E-state index in [0.717, 1.165) is 21.9 Å². The van der Waals surface area contributed by atoms with E-state index >= 15 is 0 Å². The molecule has 0 aliphatic carbocycles. The van der Waals surface area contributed by atoms with Crippen LogP contribution in [0.25, 0.3) is 10.8 Å². The lowest BCUT2D eigenvalue weighted by molar-refractivity contribution is -0.384. The third-order valence-electron chi connectivity index (χ3n) is 4.12. The number of nitrogens with zero attached hydrogens (tertiary/aromatic N) is 1. The zero-order valence-corrected chi connectivity index (χ0v) is 12.9. The Morgan fingerprint density at radius 2 is 1.67 bits per heavy atom. The van der Waals surface area contributed by atoms with Crippen molar-refractivity contribution in [2.75, 3.05) is 0 Å². The highest BCUT2D eigenvalue weighted by atomic mass is 16.6. The van der Waals surface area contributed by atoms with E-state index in [2.05, 4.69) is 0 Å². The van der Waals surface area contributed by atoms with E-state index in [0.29, 0.717) is 18.4 Å². The summed E-state index contributed by atoms with van der Waals surface area (Å²) in [5.74, 6) is -0.445. The van der Waals surface area contributed by atoms with Crippen LogP contribution in [-0.4, -0.2) is 10.8 Å². The third kappa shape index (κ3) is 3.10. The van der Waals surface area contributed by atoms with Gasteiger partial charge in [0.1, 0.15) is 0 Å². The first-order chi connectivity index (χ1) is 11.6. The van der Waals surface area contributed by atoms with Crippen LogP contribution in [0.3, 0.4) is 0 Å². The monoisotopic (exact) mass is 320 g/mol. The zero-order chi connectivity index (χ0) is 17.1. The van der Waals surface area contributed by atoms with Crippen molar-refractivity contribution in [3.63, 3.8) is 0 Å². The maximum absolute atomic E-state index is 11.7. The normalized spacial score (nSPS) is 10.7. The number of carbonyl (C=O) groups excluding carboxylic acids is 1. The van der Waals surface area contributed by atoms with Crippen LogP contribution in [0, 0.1) is 10.1 Å². The van der Waals surface area contributed by atoms with Crippen LogP contribution in [0.1, 0.15) is 21.5 Å². The molecular weight excluding hydrogens is 304 g/mol. The quantitative estimate of drug-likeness (QED) is 0.575. The highest BCUT2D eigenvalue weighted by molar-refractivity contribution is 6.00. The van der Waals surface area contributed by atoms with Crippen molar-refractivity contribution in [3.05, 3.63) is 87.5 Å². The first-order valence-electron chi connectivity index (χ1n) is 7.60. The van der Waals surface area contributed by atoms with Crippen molar-refractivity contribution < 1.29 is 9.72 Å². The second-order valence-corrected chi connectivity index (χ2v) is 5.60. The van der Waals surface area contributed by atoms with Gasteiger partial charge in [0.05, 0.1) is 4.92 Å². The van der Waals surface area contributed by atoms with Gasteiger partial charge in [0.2, 0.25) is 5.91 Å². The second-order valence-electron chi connectivity index (χ2n) is 5.60. The Hall–Kier alpha value is -3.21. The van der Waals surface area contributed by atoms with Crippen molar-refractivity contribution in [3.8, 4) is 0 Å². The van der Waals surface area contributed by atoms with Crippen molar-refractivity contribution in [2.24, 2.45) is 5.73 Å². The molecule has 3 rings (SSSR count). The van der Waals surface area contributed by atoms with Gasteiger partial charge in [-0.2, -0.15) is 0 Å². The molecule has 2 N–H and O–H groups in total. The van der Waals surface area contributed by atoms with Gasteiger partial charge >= 0.3 is 0 Å². The number of hydrogen-bond donors (Lipinski definition) is 1. The molecule has 0 fully saturated rings. The van der Waals surface area contributed by atoms with Gasteiger partial charge in [-0.05, 0) is 40.8 Å². The van der Waals surface area contributed by atoms with Gasteiger partial charge in [0, 0.05) is 17.7 Å². The topological polar surface area (TPSA) is 86.2 Å². The molecule has 5 heteroatoms. The van der Waals surface area contributed by atoms with Crippen molar-refractivity contribution in [1.82, 2.24) is 0 Å². The molecular formula is C19H16N2O3. The number of nitro groups is 1. The SMILES string of the molecule is NC(=O)c1ccc2ccccc2c1CCc1ccc([N+](=O)[O-])cc1. The summed E-state index contributed by atoms with van der Waals surface area (Å²) in [7, 11) is 0. The first-order valence-corrected chi connectivity index (χ1v) is 7.60. The lowest BCUT2D eigenvalue weighted by Gasteiger charge is -2.11. The summed E-state index contributed by atoms with van der Waals surface area (Å²) in [6.07, 6.45) is 1.31. The molecule has 0 heterocycles. The average Bonchev–Trinajstić information content (AvgIpc) is 2.59. The summed E-state index contributed by atoms with van der Waals surface area (Å²) < 4.78 is 0. The number of hydrogen-bond acceptors (Lipinski definition) is 3. The molecule has 3 aromatic carbocycles. The standard InChI is InChI=1S/C19H16N2O3/c20-19(22)18-12-8-14-3-1-2-4-16(14)17(18)11-7-13-5-9-15(10-6-13)21(23)24/h1-6,8-10,12H,7,11H2,(H2,20,22). The van der Waals surface area contributed by atoms with Gasteiger partial charge in [0.15, 0.2) is 0 Å². The Morgan fingerprint density at radius 3 is 2.33 bits per heavy atom. The van der Waals surface area contributed by atoms with Gasteiger partial charge in [-0.15, -0.1) is 0 Å². The Labute approximate surface area is 138 Å². The predicted molar refractivity (Wildman–Crippen MR) is 93.0 cm³/mol. The van der Waals surface area contributed by atoms with Crippen LogP contribution in [0.15, 0.2) is 60.7 Å². The van der Waals surface area contributed by atoms with Gasteiger partial charge in [-0.25, -0.2) is 0 Å². The molecule has 3 aromatic rings. The lowest BCUT2D eigenvalue weighted by atomic mass is 9.93. The number of amides is 1. The number of nitrogens with two attached hydrogens (primary N) is 1. The Kier molecular flexibility index (Phi) is 4.24. The minimum Gasteiger partial charge on any atom is -0.366 e. The largest absolute Gasteiger partial charge is 0.366 e. The number of non-ortho nitro benzene ring substituents is 1. The molecule has 0 aliphatic rings. The number of aryl methyl sites for hydroxylation is 2. The van der Waals surface area contributed by atoms with E-state index in [1.54, 1.807) is 18.2 Å². The second kappa shape index (κ2) is 6.50. The molecule has 24 heavy (non-hydrogen) atoms. The molecule has 0 saturated carbocycles. The molecule has 0 unspecified atom stereocenters. The van der Waals surface area contributed by atoms with Crippen molar-refractivity contribution >= 4 is 22.4 Å².